The Kier molecular flexibility index (Phi) is 8.16. The van der Waals surface area contributed by atoms with Gasteiger partial charge in [0, 0.05) is 16.8 Å². The number of hydrogen-bond acceptors (Lipinski definition) is 5. The highest BCUT2D eigenvalue weighted by Gasteiger charge is 2.46. The van der Waals surface area contributed by atoms with Gasteiger partial charge in [-0.15, -0.1) is 0 Å². The molecular formula is C36H33NO5. The monoisotopic (exact) mass is 559 g/mol. The number of ether oxygens (including phenoxy) is 1. The second kappa shape index (κ2) is 12.0. The summed E-state index contributed by atoms with van der Waals surface area (Å²) >= 11 is 0. The second-order valence-corrected chi connectivity index (χ2v) is 11.1. The van der Waals surface area contributed by atoms with Crippen LogP contribution in [0.1, 0.15) is 83.0 Å². The molecule has 0 fully saturated rings. The topological polar surface area (TPSA) is 89.5 Å². The number of ketones is 2. The largest absolute Gasteiger partial charge is 0.453 e. The number of carbonyl (C=O) groups excluding carboxylic acids is 4. The van der Waals surface area contributed by atoms with Crippen LogP contribution in [0.5, 0.6) is 0 Å². The minimum atomic E-state index is -1.59. The van der Waals surface area contributed by atoms with Crippen molar-refractivity contribution in [3.05, 3.63) is 125 Å². The van der Waals surface area contributed by atoms with Crippen molar-refractivity contribution in [1.29, 1.82) is 0 Å². The lowest BCUT2D eigenvalue weighted by atomic mass is 9.82. The number of amides is 1. The van der Waals surface area contributed by atoms with Crippen LogP contribution in [0.2, 0.25) is 0 Å². The van der Waals surface area contributed by atoms with Crippen molar-refractivity contribution in [1.82, 2.24) is 0 Å². The van der Waals surface area contributed by atoms with Gasteiger partial charge < -0.3 is 10.1 Å². The average molecular weight is 560 g/mol. The molecule has 212 valence electrons. The van der Waals surface area contributed by atoms with Gasteiger partial charge in [-0.2, -0.15) is 0 Å². The van der Waals surface area contributed by atoms with Crippen molar-refractivity contribution in [3.8, 4) is 11.1 Å². The quantitative estimate of drug-likeness (QED) is 0.0992. The molecule has 1 aliphatic rings. The first-order chi connectivity index (χ1) is 20.2. The molecule has 5 rings (SSSR count). The predicted octanol–water partition coefficient (Wildman–Crippen LogP) is 7.52. The summed E-state index contributed by atoms with van der Waals surface area (Å²) in [5.41, 5.74) is 4.69. The first-order valence-corrected chi connectivity index (χ1v) is 14.2. The summed E-state index contributed by atoms with van der Waals surface area (Å²) in [4.78, 5) is 55.1. The third-order valence-corrected chi connectivity index (χ3v) is 7.70. The average Bonchev–Trinajstić information content (AvgIpc) is 3.33. The van der Waals surface area contributed by atoms with E-state index >= 15 is 0 Å². The van der Waals surface area contributed by atoms with Crippen LogP contribution in [0.4, 0.5) is 5.69 Å². The van der Waals surface area contributed by atoms with E-state index in [2.05, 4.69) is 5.32 Å². The van der Waals surface area contributed by atoms with E-state index in [1.807, 2.05) is 82.3 Å². The number of rotatable bonds is 9. The Morgan fingerprint density at radius 1 is 0.690 bits per heavy atom. The lowest BCUT2D eigenvalue weighted by Crippen LogP contribution is -2.38. The third kappa shape index (κ3) is 5.40. The van der Waals surface area contributed by atoms with Gasteiger partial charge in [-0.25, -0.2) is 4.79 Å². The SMILES string of the molecule is CC(C)c1cccc(C(C)C)c1NC(=O)C(=O)[C@@H](C(=O)c1ccccc1-c1ccccc1)[C@@H]1OC(=O)c2ccccc21. The predicted molar refractivity (Wildman–Crippen MR) is 163 cm³/mol. The van der Waals surface area contributed by atoms with Gasteiger partial charge >= 0.3 is 5.97 Å². The Hall–Kier alpha value is -4.84. The van der Waals surface area contributed by atoms with Crippen LogP contribution in [-0.2, 0) is 14.3 Å². The van der Waals surface area contributed by atoms with Crippen molar-refractivity contribution in [3.63, 3.8) is 0 Å². The number of fused-ring (bicyclic) bond motifs is 1. The maximum Gasteiger partial charge on any atom is 0.339 e. The Morgan fingerprint density at radius 2 is 1.26 bits per heavy atom. The van der Waals surface area contributed by atoms with Gasteiger partial charge in [0.25, 0.3) is 5.91 Å². The highest BCUT2D eigenvalue weighted by atomic mass is 16.5. The maximum atomic E-state index is 14.4. The van der Waals surface area contributed by atoms with Crippen molar-refractivity contribution >= 4 is 29.1 Å². The summed E-state index contributed by atoms with van der Waals surface area (Å²) in [6.45, 7) is 8.05. The Balaban J connectivity index is 1.60. The zero-order valence-electron chi connectivity index (χ0n) is 24.1. The fraction of sp³-hybridized carbons (Fsp3) is 0.222. The van der Waals surface area contributed by atoms with Crippen molar-refractivity contribution in [2.45, 2.75) is 45.6 Å². The maximum absolute atomic E-state index is 14.4. The number of benzene rings is 4. The molecule has 42 heavy (non-hydrogen) atoms. The Bertz CT molecular complexity index is 1650. The summed E-state index contributed by atoms with van der Waals surface area (Å²) in [7, 11) is 0. The zero-order valence-corrected chi connectivity index (χ0v) is 24.1. The number of Topliss-reactive ketones (excluding diaryl/α,β-unsaturated/α-hetero) is 2. The van der Waals surface area contributed by atoms with Gasteiger partial charge in [0.05, 0.1) is 5.56 Å². The number of cyclic esters (lactones) is 1. The highest BCUT2D eigenvalue weighted by molar-refractivity contribution is 6.45. The number of para-hydroxylation sites is 1. The highest BCUT2D eigenvalue weighted by Crippen LogP contribution is 2.40. The van der Waals surface area contributed by atoms with Crippen molar-refractivity contribution < 1.29 is 23.9 Å². The molecule has 1 N–H and O–H groups in total. The van der Waals surface area contributed by atoms with E-state index in [1.165, 1.54) is 0 Å². The summed E-state index contributed by atoms with van der Waals surface area (Å²) in [6.07, 6.45) is -1.24. The molecule has 1 aliphatic heterocycles. The number of esters is 1. The minimum Gasteiger partial charge on any atom is -0.453 e. The number of anilines is 1. The van der Waals surface area contributed by atoms with E-state index in [-0.39, 0.29) is 23.0 Å². The molecule has 0 saturated carbocycles. The van der Waals surface area contributed by atoms with E-state index in [1.54, 1.807) is 42.5 Å². The normalized spacial score (nSPS) is 14.8. The van der Waals surface area contributed by atoms with Gasteiger partial charge in [-0.1, -0.05) is 119 Å². The molecule has 4 aromatic rings. The second-order valence-electron chi connectivity index (χ2n) is 11.1. The smallest absolute Gasteiger partial charge is 0.339 e. The number of nitrogens with one attached hydrogen (secondary N) is 1. The van der Waals surface area contributed by atoms with Crippen molar-refractivity contribution in [2.24, 2.45) is 5.92 Å². The van der Waals surface area contributed by atoms with Crippen LogP contribution in [0.25, 0.3) is 11.1 Å². The number of hydrogen-bond donors (Lipinski definition) is 1. The molecule has 0 radical (unpaired) electrons. The minimum absolute atomic E-state index is 0.0759. The van der Waals surface area contributed by atoms with Crippen LogP contribution < -0.4 is 5.32 Å². The van der Waals surface area contributed by atoms with Gasteiger partial charge in [-0.05, 0) is 40.2 Å². The molecule has 0 saturated heterocycles. The molecule has 2 atom stereocenters. The fourth-order valence-corrected chi connectivity index (χ4v) is 5.56. The van der Waals surface area contributed by atoms with Gasteiger partial charge in [-0.3, -0.25) is 14.4 Å². The van der Waals surface area contributed by atoms with Crippen molar-refractivity contribution in [2.75, 3.05) is 5.32 Å². The summed E-state index contributed by atoms with van der Waals surface area (Å²) in [5, 5.41) is 2.85. The van der Waals surface area contributed by atoms with E-state index in [0.717, 1.165) is 16.7 Å². The van der Waals surface area contributed by atoms with Crippen LogP contribution in [0.3, 0.4) is 0 Å². The molecule has 0 unspecified atom stereocenters. The molecule has 0 bridgehead atoms. The van der Waals surface area contributed by atoms with E-state index in [0.29, 0.717) is 16.8 Å². The lowest BCUT2D eigenvalue weighted by molar-refractivity contribution is -0.138. The molecule has 1 amide bonds. The standard InChI is InChI=1S/C36H33NO5/c1-21(2)24-19-12-20-25(22(3)4)31(24)37-35(40)33(39)30(34-28-17-10-11-18-29(28)36(41)42-34)32(38)27-16-9-8-15-26(27)23-13-6-5-7-14-23/h5-22,30,34H,1-4H3,(H,37,40)/t30-,34-/m1/s1. The van der Waals surface area contributed by atoms with Gasteiger partial charge in [0.2, 0.25) is 5.78 Å². The van der Waals surface area contributed by atoms with E-state index < -0.39 is 35.5 Å². The molecule has 6 heteroatoms. The van der Waals surface area contributed by atoms with Crippen LogP contribution in [0.15, 0.2) is 97.1 Å². The molecular weight excluding hydrogens is 526 g/mol. The molecule has 6 nitrogen and oxygen atoms in total. The van der Waals surface area contributed by atoms with E-state index in [9.17, 15) is 19.2 Å². The molecule has 0 spiro atoms. The number of carbonyl (C=O) groups is 4. The Labute approximate surface area is 245 Å². The lowest BCUT2D eigenvalue weighted by Gasteiger charge is -2.24. The fourth-order valence-electron chi connectivity index (χ4n) is 5.56. The Morgan fingerprint density at radius 3 is 1.90 bits per heavy atom. The first-order valence-electron chi connectivity index (χ1n) is 14.2. The third-order valence-electron chi connectivity index (χ3n) is 7.70. The molecule has 0 aliphatic carbocycles. The van der Waals surface area contributed by atoms with E-state index in [4.69, 9.17) is 4.74 Å². The molecule has 4 aromatic carbocycles. The zero-order chi connectivity index (χ0) is 30.0. The van der Waals surface area contributed by atoms with Crippen LogP contribution >= 0.6 is 0 Å². The molecule has 0 aromatic heterocycles. The van der Waals surface area contributed by atoms with Crippen LogP contribution in [0, 0.1) is 5.92 Å². The summed E-state index contributed by atoms with van der Waals surface area (Å²) in [5.74, 6) is -4.56. The first kappa shape index (κ1) is 28.7. The van der Waals surface area contributed by atoms with Gasteiger partial charge in [0.1, 0.15) is 12.0 Å². The molecule has 1 heterocycles. The summed E-state index contributed by atoms with van der Waals surface area (Å²) < 4.78 is 5.67. The summed E-state index contributed by atoms with van der Waals surface area (Å²) in [6, 6.07) is 28.7. The van der Waals surface area contributed by atoms with Gasteiger partial charge in [0.15, 0.2) is 5.78 Å². The van der Waals surface area contributed by atoms with Crippen LogP contribution in [-0.4, -0.2) is 23.4 Å².